The van der Waals surface area contributed by atoms with Gasteiger partial charge in [0.15, 0.2) is 0 Å². The summed E-state index contributed by atoms with van der Waals surface area (Å²) in [4.78, 5) is 5.72. The Labute approximate surface area is 104 Å². The summed E-state index contributed by atoms with van der Waals surface area (Å²) in [7, 11) is 2.21. The Bertz CT molecular complexity index is 280. The van der Waals surface area contributed by atoms with Gasteiger partial charge in [-0.25, -0.2) is 0 Å². The van der Waals surface area contributed by atoms with Gasteiger partial charge < -0.3 is 10.3 Å². The molecule has 2 heterocycles. The molecule has 0 bridgehead atoms. The highest BCUT2D eigenvalue weighted by atomic mass is 35.5. The molecule has 1 aliphatic heterocycles. The van der Waals surface area contributed by atoms with E-state index in [0.717, 1.165) is 5.92 Å². The molecule has 1 saturated heterocycles. The van der Waals surface area contributed by atoms with Gasteiger partial charge in [0.25, 0.3) is 0 Å². The summed E-state index contributed by atoms with van der Waals surface area (Å²) in [5.74, 6) is 0.826. The lowest BCUT2D eigenvalue weighted by molar-refractivity contribution is 0.223. The van der Waals surface area contributed by atoms with Gasteiger partial charge in [-0.3, -0.25) is 4.90 Å². The third-order valence-electron chi connectivity index (χ3n) is 3.44. The van der Waals surface area contributed by atoms with Crippen molar-refractivity contribution in [1.29, 1.82) is 0 Å². The number of rotatable bonds is 4. The molecule has 0 spiro atoms. The number of nitrogens with one attached hydrogen (secondary N) is 2. The van der Waals surface area contributed by atoms with E-state index in [0.29, 0.717) is 6.04 Å². The minimum absolute atomic E-state index is 0. The minimum Gasteiger partial charge on any atom is -0.364 e. The second kappa shape index (κ2) is 6.28. The molecular weight excluding hydrogens is 222 g/mol. The summed E-state index contributed by atoms with van der Waals surface area (Å²) < 4.78 is 0. The quantitative estimate of drug-likeness (QED) is 0.848. The van der Waals surface area contributed by atoms with Gasteiger partial charge in [0.05, 0.1) is 0 Å². The highest BCUT2D eigenvalue weighted by Crippen LogP contribution is 2.19. The van der Waals surface area contributed by atoms with E-state index >= 15 is 0 Å². The zero-order valence-electron chi connectivity index (χ0n) is 10.1. The predicted octanol–water partition coefficient (Wildman–Crippen LogP) is 2.04. The van der Waals surface area contributed by atoms with E-state index in [4.69, 9.17) is 0 Å². The lowest BCUT2D eigenvalue weighted by Crippen LogP contribution is -2.29. The van der Waals surface area contributed by atoms with Crippen LogP contribution in [0.3, 0.4) is 0 Å². The van der Waals surface area contributed by atoms with E-state index in [-0.39, 0.29) is 12.4 Å². The fraction of sp³-hybridized carbons (Fsp3) is 0.667. The monoisotopic (exact) mass is 243 g/mol. The maximum Gasteiger partial charge on any atom is 0.0467 e. The lowest BCUT2D eigenvalue weighted by Gasteiger charge is -2.26. The van der Waals surface area contributed by atoms with Crippen molar-refractivity contribution in [3.63, 3.8) is 0 Å². The van der Waals surface area contributed by atoms with Crippen LogP contribution in [0.1, 0.15) is 25.1 Å². The third kappa shape index (κ3) is 3.24. The maximum atomic E-state index is 3.42. The van der Waals surface area contributed by atoms with E-state index in [1.54, 1.807) is 0 Å². The standard InChI is InChI=1S/C12H21N3.ClH/c1-10(12-4-3-6-14-12)15(2)9-11-5-7-13-8-11;/h3-4,6,10-11,13-14H,5,7-9H2,1-2H3;1H. The number of hydrogen-bond acceptors (Lipinski definition) is 2. The molecule has 2 unspecified atom stereocenters. The average Bonchev–Trinajstić information content (AvgIpc) is 2.88. The van der Waals surface area contributed by atoms with Crippen LogP contribution >= 0.6 is 12.4 Å². The van der Waals surface area contributed by atoms with Crippen LogP contribution in [-0.4, -0.2) is 36.6 Å². The summed E-state index contributed by atoms with van der Waals surface area (Å²) in [6.45, 7) is 5.82. The fourth-order valence-electron chi connectivity index (χ4n) is 2.28. The second-order valence-corrected chi connectivity index (χ2v) is 4.60. The van der Waals surface area contributed by atoms with Gasteiger partial charge >= 0.3 is 0 Å². The summed E-state index contributed by atoms with van der Waals surface area (Å²) in [5.41, 5.74) is 1.31. The van der Waals surface area contributed by atoms with Crippen molar-refractivity contribution in [2.45, 2.75) is 19.4 Å². The molecule has 1 fully saturated rings. The number of hydrogen-bond donors (Lipinski definition) is 2. The number of H-pyrrole nitrogens is 1. The van der Waals surface area contributed by atoms with Gasteiger partial charge in [-0.05, 0) is 51.5 Å². The molecule has 2 N–H and O–H groups in total. The van der Waals surface area contributed by atoms with Gasteiger partial charge in [-0.2, -0.15) is 0 Å². The summed E-state index contributed by atoms with van der Waals surface area (Å²) in [6, 6.07) is 4.71. The Kier molecular flexibility index (Phi) is 5.32. The molecule has 0 radical (unpaired) electrons. The predicted molar refractivity (Wildman–Crippen MR) is 70.1 cm³/mol. The molecule has 92 valence electrons. The van der Waals surface area contributed by atoms with E-state index < -0.39 is 0 Å². The average molecular weight is 244 g/mol. The Hall–Kier alpha value is -0.510. The Morgan fingerprint density at radius 3 is 2.94 bits per heavy atom. The summed E-state index contributed by atoms with van der Waals surface area (Å²) in [6.07, 6.45) is 3.32. The van der Waals surface area contributed by atoms with Crippen molar-refractivity contribution >= 4 is 12.4 Å². The molecule has 0 saturated carbocycles. The Morgan fingerprint density at radius 1 is 1.56 bits per heavy atom. The maximum absolute atomic E-state index is 3.42. The molecule has 2 atom stereocenters. The van der Waals surface area contributed by atoms with Crippen LogP contribution < -0.4 is 5.32 Å². The largest absolute Gasteiger partial charge is 0.364 e. The molecule has 1 aliphatic rings. The van der Waals surface area contributed by atoms with E-state index in [1.165, 1.54) is 31.7 Å². The van der Waals surface area contributed by atoms with E-state index in [9.17, 15) is 0 Å². The zero-order chi connectivity index (χ0) is 10.7. The molecule has 4 heteroatoms. The molecular formula is C12H22ClN3. The van der Waals surface area contributed by atoms with E-state index in [2.05, 4.69) is 41.3 Å². The Morgan fingerprint density at radius 2 is 2.38 bits per heavy atom. The van der Waals surface area contributed by atoms with Crippen LogP contribution in [0.25, 0.3) is 0 Å². The number of aromatic amines is 1. The minimum atomic E-state index is 0. The number of halogens is 1. The first-order chi connectivity index (χ1) is 7.27. The van der Waals surface area contributed by atoms with Gasteiger partial charge in [0.1, 0.15) is 0 Å². The molecule has 16 heavy (non-hydrogen) atoms. The Balaban J connectivity index is 0.00000128. The van der Waals surface area contributed by atoms with Crippen LogP contribution in [0.15, 0.2) is 18.3 Å². The molecule has 2 rings (SSSR count). The van der Waals surface area contributed by atoms with Gasteiger partial charge in [0, 0.05) is 24.5 Å². The highest BCUT2D eigenvalue weighted by Gasteiger charge is 2.19. The van der Waals surface area contributed by atoms with Crippen molar-refractivity contribution in [2.75, 3.05) is 26.7 Å². The first-order valence-corrected chi connectivity index (χ1v) is 5.81. The SMILES string of the molecule is CC(c1ccc[nH]1)N(C)CC1CCNC1.Cl. The molecule has 0 aliphatic carbocycles. The molecule has 0 aromatic carbocycles. The molecule has 1 aromatic rings. The normalized spacial score (nSPS) is 22.1. The van der Waals surface area contributed by atoms with Crippen LogP contribution in [0.2, 0.25) is 0 Å². The van der Waals surface area contributed by atoms with Crippen LogP contribution in [0.5, 0.6) is 0 Å². The van der Waals surface area contributed by atoms with Gasteiger partial charge in [-0.1, -0.05) is 0 Å². The fourth-order valence-corrected chi connectivity index (χ4v) is 2.28. The van der Waals surface area contributed by atoms with Crippen molar-refractivity contribution in [1.82, 2.24) is 15.2 Å². The van der Waals surface area contributed by atoms with Crippen LogP contribution in [0, 0.1) is 5.92 Å². The lowest BCUT2D eigenvalue weighted by atomic mass is 10.1. The van der Waals surface area contributed by atoms with Crippen molar-refractivity contribution in [2.24, 2.45) is 5.92 Å². The first kappa shape index (κ1) is 13.6. The molecule has 3 nitrogen and oxygen atoms in total. The van der Waals surface area contributed by atoms with Crippen LogP contribution in [0.4, 0.5) is 0 Å². The highest BCUT2D eigenvalue weighted by molar-refractivity contribution is 5.85. The van der Waals surface area contributed by atoms with Crippen molar-refractivity contribution < 1.29 is 0 Å². The number of nitrogens with zero attached hydrogens (tertiary/aromatic N) is 1. The number of aromatic nitrogens is 1. The second-order valence-electron chi connectivity index (χ2n) is 4.60. The van der Waals surface area contributed by atoms with Crippen molar-refractivity contribution in [3.05, 3.63) is 24.0 Å². The summed E-state index contributed by atoms with van der Waals surface area (Å²) in [5, 5.41) is 3.42. The van der Waals surface area contributed by atoms with Crippen molar-refractivity contribution in [3.8, 4) is 0 Å². The smallest absolute Gasteiger partial charge is 0.0467 e. The third-order valence-corrected chi connectivity index (χ3v) is 3.44. The van der Waals surface area contributed by atoms with Gasteiger partial charge in [-0.15, -0.1) is 12.4 Å². The topological polar surface area (TPSA) is 31.1 Å². The van der Waals surface area contributed by atoms with E-state index in [1.807, 2.05) is 6.20 Å². The molecule has 1 aromatic heterocycles. The van der Waals surface area contributed by atoms with Gasteiger partial charge in [0.2, 0.25) is 0 Å². The van der Waals surface area contributed by atoms with Crippen LogP contribution in [-0.2, 0) is 0 Å². The molecule has 0 amide bonds. The first-order valence-electron chi connectivity index (χ1n) is 5.81. The zero-order valence-corrected chi connectivity index (χ0v) is 10.9. The summed E-state index contributed by atoms with van der Waals surface area (Å²) >= 11 is 0.